The van der Waals surface area contributed by atoms with Crippen LogP contribution in [0.25, 0.3) is 0 Å². The molecule has 0 saturated carbocycles. The molecule has 0 fully saturated rings. The van der Waals surface area contributed by atoms with Gasteiger partial charge >= 0.3 is 0 Å². The van der Waals surface area contributed by atoms with Crippen molar-refractivity contribution in [2.75, 3.05) is 6.54 Å². The molecule has 0 aliphatic carbocycles. The second-order valence-electron chi connectivity index (χ2n) is 4.84. The number of rotatable bonds is 5. The zero-order valence-corrected chi connectivity index (χ0v) is 14.9. The minimum Gasteiger partial charge on any atom is -0.310 e. The maximum Gasteiger partial charge on any atom is 0.0847 e. The van der Waals surface area contributed by atoms with E-state index in [-0.39, 0.29) is 6.04 Å². The molecule has 1 aromatic heterocycles. The predicted molar refractivity (Wildman–Crippen MR) is 92.2 cm³/mol. The van der Waals surface area contributed by atoms with E-state index in [1.807, 2.05) is 18.7 Å². The molecule has 0 aliphatic rings. The summed E-state index contributed by atoms with van der Waals surface area (Å²) in [5.74, 6) is 0. The molecule has 0 aliphatic heterocycles. The SMILES string of the molecule is CCNC(Cc1c(Cl)c(C)nn1C)c1ccc(I)cc1. The molecule has 1 unspecified atom stereocenters. The van der Waals surface area contributed by atoms with E-state index >= 15 is 0 Å². The normalized spacial score (nSPS) is 12.7. The Morgan fingerprint density at radius 3 is 2.50 bits per heavy atom. The van der Waals surface area contributed by atoms with Gasteiger partial charge in [0.05, 0.1) is 16.4 Å². The van der Waals surface area contributed by atoms with Crippen LogP contribution in [-0.2, 0) is 13.5 Å². The van der Waals surface area contributed by atoms with Gasteiger partial charge in [-0.3, -0.25) is 4.68 Å². The maximum absolute atomic E-state index is 6.36. The number of nitrogens with zero attached hydrogens (tertiary/aromatic N) is 2. The largest absolute Gasteiger partial charge is 0.310 e. The Morgan fingerprint density at radius 1 is 1.35 bits per heavy atom. The number of likely N-dealkylation sites (N-methyl/N-ethyl adjacent to an activating group) is 1. The van der Waals surface area contributed by atoms with Crippen LogP contribution in [-0.4, -0.2) is 16.3 Å². The Bertz CT molecular complexity index is 578. The van der Waals surface area contributed by atoms with E-state index < -0.39 is 0 Å². The van der Waals surface area contributed by atoms with Gasteiger partial charge in [-0.25, -0.2) is 0 Å². The van der Waals surface area contributed by atoms with Gasteiger partial charge in [0.1, 0.15) is 0 Å². The lowest BCUT2D eigenvalue weighted by molar-refractivity contribution is 0.529. The van der Waals surface area contributed by atoms with E-state index in [0.29, 0.717) is 0 Å². The van der Waals surface area contributed by atoms with Gasteiger partial charge in [-0.2, -0.15) is 5.10 Å². The van der Waals surface area contributed by atoms with Crippen LogP contribution < -0.4 is 5.32 Å². The fraction of sp³-hybridized carbons (Fsp3) is 0.400. The van der Waals surface area contributed by atoms with Crippen molar-refractivity contribution in [1.82, 2.24) is 15.1 Å². The third-order valence-corrected chi connectivity index (χ3v) is 4.59. The summed E-state index contributed by atoms with van der Waals surface area (Å²) < 4.78 is 3.13. The van der Waals surface area contributed by atoms with Gasteiger partial charge in [0.2, 0.25) is 0 Å². The van der Waals surface area contributed by atoms with Crippen LogP contribution in [0.5, 0.6) is 0 Å². The molecule has 0 saturated heterocycles. The quantitative estimate of drug-likeness (QED) is 0.768. The van der Waals surface area contributed by atoms with E-state index in [4.69, 9.17) is 11.6 Å². The Balaban J connectivity index is 2.27. The predicted octanol–water partition coefficient (Wildman–Crippen LogP) is 3.88. The van der Waals surface area contributed by atoms with Gasteiger partial charge in [0, 0.05) is 23.1 Å². The fourth-order valence-electron chi connectivity index (χ4n) is 2.34. The molecule has 1 aromatic carbocycles. The molecular weight excluding hydrogens is 385 g/mol. The highest BCUT2D eigenvalue weighted by Crippen LogP contribution is 2.26. The third kappa shape index (κ3) is 3.54. The molecule has 20 heavy (non-hydrogen) atoms. The number of nitrogens with one attached hydrogen (secondary N) is 1. The summed E-state index contributed by atoms with van der Waals surface area (Å²) in [5.41, 5.74) is 3.25. The van der Waals surface area contributed by atoms with Crippen molar-refractivity contribution in [3.8, 4) is 0 Å². The number of hydrogen-bond donors (Lipinski definition) is 1. The highest BCUT2D eigenvalue weighted by molar-refractivity contribution is 14.1. The van der Waals surface area contributed by atoms with Crippen molar-refractivity contribution >= 4 is 34.2 Å². The molecule has 0 radical (unpaired) electrons. The summed E-state index contributed by atoms with van der Waals surface area (Å²) >= 11 is 8.68. The molecular formula is C15H19ClIN3. The maximum atomic E-state index is 6.36. The van der Waals surface area contributed by atoms with E-state index in [2.05, 4.69) is 64.2 Å². The Labute approximate surface area is 138 Å². The molecule has 0 bridgehead atoms. The first-order chi connectivity index (χ1) is 9.52. The van der Waals surface area contributed by atoms with E-state index in [9.17, 15) is 0 Å². The average Bonchev–Trinajstić information content (AvgIpc) is 2.65. The van der Waals surface area contributed by atoms with Crippen LogP contribution in [0.15, 0.2) is 24.3 Å². The molecule has 1 heterocycles. The average molecular weight is 404 g/mol. The van der Waals surface area contributed by atoms with Crippen molar-refractivity contribution in [2.45, 2.75) is 26.3 Å². The first kappa shape index (κ1) is 15.8. The van der Waals surface area contributed by atoms with Gasteiger partial charge in [0.15, 0.2) is 0 Å². The van der Waals surface area contributed by atoms with Crippen LogP contribution in [0.3, 0.4) is 0 Å². The van der Waals surface area contributed by atoms with Gasteiger partial charge in [-0.1, -0.05) is 30.7 Å². The topological polar surface area (TPSA) is 29.9 Å². The summed E-state index contributed by atoms with van der Waals surface area (Å²) in [5, 5.41) is 8.69. The summed E-state index contributed by atoms with van der Waals surface area (Å²) in [6.45, 7) is 4.99. The number of aromatic nitrogens is 2. The smallest absolute Gasteiger partial charge is 0.0847 e. The van der Waals surface area contributed by atoms with Crippen molar-refractivity contribution < 1.29 is 0 Å². The lowest BCUT2D eigenvalue weighted by Crippen LogP contribution is -2.24. The van der Waals surface area contributed by atoms with Gasteiger partial charge in [0.25, 0.3) is 0 Å². The van der Waals surface area contributed by atoms with Crippen molar-refractivity contribution in [3.05, 3.63) is 49.8 Å². The second-order valence-corrected chi connectivity index (χ2v) is 6.46. The first-order valence-corrected chi connectivity index (χ1v) is 8.15. The minimum atomic E-state index is 0.254. The summed E-state index contributed by atoms with van der Waals surface area (Å²) in [4.78, 5) is 0. The van der Waals surface area contributed by atoms with E-state index in [1.165, 1.54) is 9.13 Å². The van der Waals surface area contributed by atoms with Crippen molar-refractivity contribution in [1.29, 1.82) is 0 Å². The lowest BCUT2D eigenvalue weighted by Gasteiger charge is -2.19. The Kier molecular flexibility index (Phi) is 5.46. The van der Waals surface area contributed by atoms with E-state index in [0.717, 1.165) is 29.4 Å². The van der Waals surface area contributed by atoms with Gasteiger partial charge in [-0.05, 0) is 53.8 Å². The van der Waals surface area contributed by atoms with Crippen LogP contribution in [0.1, 0.15) is 29.9 Å². The zero-order chi connectivity index (χ0) is 14.7. The van der Waals surface area contributed by atoms with Crippen molar-refractivity contribution in [2.24, 2.45) is 7.05 Å². The third-order valence-electron chi connectivity index (χ3n) is 3.38. The van der Waals surface area contributed by atoms with E-state index in [1.54, 1.807) is 0 Å². The highest BCUT2D eigenvalue weighted by atomic mass is 127. The van der Waals surface area contributed by atoms with Crippen LogP contribution >= 0.6 is 34.2 Å². The number of hydrogen-bond acceptors (Lipinski definition) is 2. The summed E-state index contributed by atoms with van der Waals surface area (Å²) in [6, 6.07) is 8.87. The first-order valence-electron chi connectivity index (χ1n) is 6.69. The Morgan fingerprint density at radius 2 is 2.00 bits per heavy atom. The summed E-state index contributed by atoms with van der Waals surface area (Å²) in [7, 11) is 1.95. The standard InChI is InChI=1S/C15H19ClIN3/c1-4-18-13(11-5-7-12(17)8-6-11)9-14-15(16)10(2)19-20(14)3/h5-8,13,18H,4,9H2,1-3H3. The van der Waals surface area contributed by atoms with Crippen LogP contribution in [0.4, 0.5) is 0 Å². The van der Waals surface area contributed by atoms with Gasteiger partial charge in [-0.15, -0.1) is 0 Å². The monoisotopic (exact) mass is 403 g/mol. The minimum absolute atomic E-state index is 0.254. The molecule has 1 atom stereocenters. The van der Waals surface area contributed by atoms with Crippen molar-refractivity contribution in [3.63, 3.8) is 0 Å². The molecule has 2 aromatic rings. The molecule has 0 amide bonds. The second kappa shape index (κ2) is 6.91. The molecule has 1 N–H and O–H groups in total. The fourth-order valence-corrected chi connectivity index (χ4v) is 2.94. The zero-order valence-electron chi connectivity index (χ0n) is 12.0. The molecule has 0 spiro atoms. The molecule has 2 rings (SSSR count). The summed E-state index contributed by atoms with van der Waals surface area (Å²) in [6.07, 6.45) is 0.838. The number of halogens is 2. The van der Waals surface area contributed by atoms with Gasteiger partial charge < -0.3 is 5.32 Å². The van der Waals surface area contributed by atoms with Crippen LogP contribution in [0, 0.1) is 10.5 Å². The number of benzene rings is 1. The Hall–Kier alpha value is -0.590. The molecule has 108 valence electrons. The molecule has 5 heteroatoms. The molecule has 3 nitrogen and oxygen atoms in total. The highest BCUT2D eigenvalue weighted by Gasteiger charge is 2.17. The lowest BCUT2D eigenvalue weighted by atomic mass is 10.0. The number of aryl methyl sites for hydroxylation is 2. The van der Waals surface area contributed by atoms with Crippen LogP contribution in [0.2, 0.25) is 5.02 Å².